The first-order valence-corrected chi connectivity index (χ1v) is 13.6. The van der Waals surface area contributed by atoms with E-state index in [1.807, 2.05) is 4.90 Å². The number of fused-ring (bicyclic) bond motifs is 1. The van der Waals surface area contributed by atoms with Gasteiger partial charge < -0.3 is 20.6 Å². The van der Waals surface area contributed by atoms with E-state index >= 15 is 0 Å². The molecule has 0 radical (unpaired) electrons. The van der Waals surface area contributed by atoms with Crippen molar-refractivity contribution >= 4 is 38.8 Å². The number of hydrogen-bond donors (Lipinski definition) is 2. The Bertz CT molecular complexity index is 1660. The quantitative estimate of drug-likeness (QED) is 0.336. The van der Waals surface area contributed by atoms with Gasteiger partial charge in [-0.25, -0.2) is 32.1 Å². The van der Waals surface area contributed by atoms with Crippen molar-refractivity contribution in [1.29, 1.82) is 0 Å². The lowest BCUT2D eigenvalue weighted by Crippen LogP contribution is -2.43. The lowest BCUT2D eigenvalue weighted by Gasteiger charge is -2.27. The zero-order chi connectivity index (χ0) is 28.7. The van der Waals surface area contributed by atoms with E-state index in [0.717, 1.165) is 8.87 Å². The molecule has 1 aliphatic heterocycles. The molecular weight excluding hydrogens is 551 g/mol. The predicted octanol–water partition coefficient (Wildman–Crippen LogP) is 3.82. The van der Waals surface area contributed by atoms with E-state index in [1.165, 1.54) is 30.7 Å². The maximum absolute atomic E-state index is 13.6. The number of pyridine rings is 1. The van der Waals surface area contributed by atoms with Gasteiger partial charge in [0.2, 0.25) is 5.95 Å². The average molecular weight is 576 g/mol. The minimum Gasteiger partial charge on any atom is -0.465 e. The molecule has 0 aliphatic carbocycles. The molecule has 1 atom stereocenters. The SMILES string of the molecule is Nc1nccc(-c2cn(S(=O)(=O)c3ccccc3)c3nccc(N4CCC(N(CCC(F)(F)F)C(=O)O)C4)c23)n1. The van der Waals surface area contributed by atoms with Crippen LogP contribution in [0.15, 0.2) is 66.0 Å². The van der Waals surface area contributed by atoms with Crippen molar-refractivity contribution in [3.63, 3.8) is 0 Å². The fraction of sp³-hybridized carbons (Fsp3) is 0.280. The molecule has 11 nitrogen and oxygen atoms in total. The van der Waals surface area contributed by atoms with Gasteiger partial charge >= 0.3 is 12.3 Å². The number of nitrogens with zero attached hydrogens (tertiary/aromatic N) is 6. The molecule has 40 heavy (non-hydrogen) atoms. The van der Waals surface area contributed by atoms with Crippen molar-refractivity contribution in [3.05, 3.63) is 61.1 Å². The van der Waals surface area contributed by atoms with Crippen LogP contribution in [-0.2, 0) is 10.0 Å². The minimum atomic E-state index is -4.50. The Morgan fingerprint density at radius 3 is 2.52 bits per heavy atom. The largest absolute Gasteiger partial charge is 0.465 e. The number of halogens is 3. The molecule has 4 aromatic rings. The van der Waals surface area contributed by atoms with E-state index in [2.05, 4.69) is 15.0 Å². The molecule has 1 fully saturated rings. The summed E-state index contributed by atoms with van der Waals surface area (Å²) in [6.07, 6.45) is -2.65. The topological polar surface area (TPSA) is 148 Å². The van der Waals surface area contributed by atoms with Crippen molar-refractivity contribution in [2.75, 3.05) is 30.3 Å². The highest BCUT2D eigenvalue weighted by molar-refractivity contribution is 7.90. The summed E-state index contributed by atoms with van der Waals surface area (Å²) in [4.78, 5) is 27.0. The zero-order valence-electron chi connectivity index (χ0n) is 20.9. The van der Waals surface area contributed by atoms with Crippen molar-refractivity contribution in [3.8, 4) is 11.3 Å². The second-order valence-electron chi connectivity index (χ2n) is 9.22. The van der Waals surface area contributed by atoms with Gasteiger partial charge in [0.25, 0.3) is 10.0 Å². The molecule has 15 heteroatoms. The number of hydrogen-bond acceptors (Lipinski definition) is 8. The summed E-state index contributed by atoms with van der Waals surface area (Å²) in [5.74, 6) is -0.0299. The predicted molar refractivity (Wildman–Crippen MR) is 140 cm³/mol. The number of nitrogen functional groups attached to an aromatic ring is 1. The zero-order valence-corrected chi connectivity index (χ0v) is 21.7. The van der Waals surface area contributed by atoms with Crippen molar-refractivity contribution in [1.82, 2.24) is 23.8 Å². The van der Waals surface area contributed by atoms with Crippen LogP contribution in [0.4, 0.5) is 29.6 Å². The lowest BCUT2D eigenvalue weighted by molar-refractivity contribution is -0.137. The lowest BCUT2D eigenvalue weighted by atomic mass is 10.1. The molecule has 1 unspecified atom stereocenters. The van der Waals surface area contributed by atoms with Crippen LogP contribution in [0.1, 0.15) is 12.8 Å². The third kappa shape index (κ3) is 5.23. The number of alkyl halides is 3. The molecule has 210 valence electrons. The number of anilines is 2. The van der Waals surface area contributed by atoms with Gasteiger partial charge in [0.1, 0.15) is 0 Å². The number of carbonyl (C=O) groups is 1. The van der Waals surface area contributed by atoms with Crippen LogP contribution in [0.25, 0.3) is 22.3 Å². The monoisotopic (exact) mass is 575 g/mol. The number of nitrogens with two attached hydrogens (primary N) is 1. The van der Waals surface area contributed by atoms with Crippen LogP contribution in [0.5, 0.6) is 0 Å². The van der Waals surface area contributed by atoms with E-state index < -0.39 is 41.3 Å². The molecule has 0 spiro atoms. The fourth-order valence-corrected chi connectivity index (χ4v) is 6.22. The van der Waals surface area contributed by atoms with Crippen LogP contribution >= 0.6 is 0 Å². The Morgan fingerprint density at radius 1 is 1.12 bits per heavy atom. The van der Waals surface area contributed by atoms with Gasteiger partial charge in [0.15, 0.2) is 5.65 Å². The highest BCUT2D eigenvalue weighted by Gasteiger charge is 2.36. The first-order valence-electron chi connectivity index (χ1n) is 12.2. The molecule has 5 rings (SSSR count). The summed E-state index contributed by atoms with van der Waals surface area (Å²) in [7, 11) is -4.09. The fourth-order valence-electron chi connectivity index (χ4n) is 4.88. The van der Waals surface area contributed by atoms with E-state index in [-0.39, 0.29) is 29.5 Å². The van der Waals surface area contributed by atoms with Crippen LogP contribution in [0.3, 0.4) is 0 Å². The molecule has 3 N–H and O–H groups in total. The standard InChI is InChI=1S/C25H24F3N7O4S/c26-25(27,28)9-13-34(24(36)37)16-8-12-33(14-16)20-7-11-30-22-21(20)18(19-6-10-31-23(29)32-19)15-35(22)40(38,39)17-4-2-1-3-5-17/h1-7,10-11,15-16H,8-9,12-14H2,(H,36,37)(H2,29,31,32). The molecule has 0 bridgehead atoms. The van der Waals surface area contributed by atoms with Crippen LogP contribution in [-0.4, -0.2) is 75.3 Å². The number of aromatic nitrogens is 4. The summed E-state index contributed by atoms with van der Waals surface area (Å²) in [6.45, 7) is -0.257. The number of amides is 1. The third-order valence-electron chi connectivity index (χ3n) is 6.71. The summed E-state index contributed by atoms with van der Waals surface area (Å²) in [5, 5.41) is 10.0. The van der Waals surface area contributed by atoms with E-state index in [4.69, 9.17) is 5.73 Å². The number of rotatable bonds is 7. The first-order chi connectivity index (χ1) is 19.0. The maximum Gasteiger partial charge on any atom is 0.407 e. The average Bonchev–Trinajstić information content (AvgIpc) is 3.54. The van der Waals surface area contributed by atoms with Crippen molar-refractivity contribution in [2.45, 2.75) is 30.0 Å². The van der Waals surface area contributed by atoms with Crippen molar-refractivity contribution in [2.24, 2.45) is 0 Å². The number of benzene rings is 1. The van der Waals surface area contributed by atoms with E-state index in [0.29, 0.717) is 28.9 Å². The number of carboxylic acid groups (broad SMARTS) is 1. The van der Waals surface area contributed by atoms with Crippen LogP contribution in [0.2, 0.25) is 0 Å². The van der Waals surface area contributed by atoms with Gasteiger partial charge in [-0.15, -0.1) is 0 Å². The Balaban J connectivity index is 1.61. The molecule has 3 aromatic heterocycles. The van der Waals surface area contributed by atoms with Crippen LogP contribution in [0, 0.1) is 0 Å². The Morgan fingerprint density at radius 2 is 1.85 bits per heavy atom. The van der Waals surface area contributed by atoms with Gasteiger partial charge in [-0.3, -0.25) is 0 Å². The first kappa shape index (κ1) is 27.2. The smallest absolute Gasteiger partial charge is 0.407 e. The third-order valence-corrected chi connectivity index (χ3v) is 8.37. The van der Waals surface area contributed by atoms with Gasteiger partial charge in [0, 0.05) is 43.8 Å². The van der Waals surface area contributed by atoms with Gasteiger partial charge in [0.05, 0.1) is 34.1 Å². The molecule has 1 amide bonds. The minimum absolute atomic E-state index is 0.0299. The van der Waals surface area contributed by atoms with Crippen molar-refractivity contribution < 1.29 is 31.5 Å². The Labute approximate surface area is 226 Å². The highest BCUT2D eigenvalue weighted by Crippen LogP contribution is 2.39. The van der Waals surface area contributed by atoms with Crippen LogP contribution < -0.4 is 10.6 Å². The maximum atomic E-state index is 13.6. The normalized spacial score (nSPS) is 16.0. The van der Waals surface area contributed by atoms with E-state index in [9.17, 15) is 31.5 Å². The second-order valence-corrected chi connectivity index (χ2v) is 11.0. The summed E-state index contributed by atoms with van der Waals surface area (Å²) >= 11 is 0. The summed E-state index contributed by atoms with van der Waals surface area (Å²) in [6, 6.07) is 10.3. The molecule has 0 saturated carbocycles. The Hall–Kier alpha value is -4.40. The molecule has 1 saturated heterocycles. The molecule has 1 aliphatic rings. The van der Waals surface area contributed by atoms with E-state index in [1.54, 1.807) is 30.3 Å². The molecule has 1 aromatic carbocycles. The summed E-state index contributed by atoms with van der Waals surface area (Å²) in [5.41, 5.74) is 7.17. The highest BCUT2D eigenvalue weighted by atomic mass is 32.2. The van der Waals surface area contributed by atoms with Gasteiger partial charge in [-0.05, 0) is 30.7 Å². The van der Waals surface area contributed by atoms with Gasteiger partial charge in [-0.1, -0.05) is 18.2 Å². The summed E-state index contributed by atoms with van der Waals surface area (Å²) < 4.78 is 66.8. The second kappa shape index (κ2) is 10.3. The molecule has 4 heterocycles. The Kier molecular flexibility index (Phi) is 6.99. The molecular formula is C25H24F3N7O4S. The van der Waals surface area contributed by atoms with Gasteiger partial charge in [-0.2, -0.15) is 13.2 Å².